The molecule has 1 aromatic carbocycles. The number of esters is 1. The van der Waals surface area contributed by atoms with Crippen LogP contribution in [0.1, 0.15) is 20.3 Å². The number of ether oxygens (including phenoxy) is 2. The average molecular weight is 288 g/mol. The molecule has 2 rings (SSSR count). The monoisotopic (exact) mass is 288 g/mol. The lowest BCUT2D eigenvalue weighted by molar-refractivity contribution is -0.144. The number of aromatic nitrogens is 2. The first-order valence-corrected chi connectivity index (χ1v) is 7.15. The van der Waals surface area contributed by atoms with E-state index in [-0.39, 0.29) is 12.5 Å². The molecule has 0 aliphatic rings. The Balaban J connectivity index is 2.01. The third kappa shape index (κ3) is 4.34. The van der Waals surface area contributed by atoms with Crippen LogP contribution in [0.4, 0.5) is 0 Å². The van der Waals surface area contributed by atoms with E-state index in [0.29, 0.717) is 13.2 Å². The SMILES string of the molecule is CCCOc1ccc(-c2ccn(CC(=O)OCC)n2)cc1. The molecule has 0 radical (unpaired) electrons. The van der Waals surface area contributed by atoms with Gasteiger partial charge in [0.2, 0.25) is 0 Å². The van der Waals surface area contributed by atoms with Crippen molar-refractivity contribution in [2.75, 3.05) is 13.2 Å². The van der Waals surface area contributed by atoms with E-state index in [1.165, 1.54) is 0 Å². The van der Waals surface area contributed by atoms with Gasteiger partial charge in [0.1, 0.15) is 12.3 Å². The van der Waals surface area contributed by atoms with Gasteiger partial charge in [-0.25, -0.2) is 0 Å². The number of hydrogen-bond donors (Lipinski definition) is 0. The van der Waals surface area contributed by atoms with Crippen molar-refractivity contribution >= 4 is 5.97 Å². The summed E-state index contributed by atoms with van der Waals surface area (Å²) < 4.78 is 12.0. The lowest BCUT2D eigenvalue weighted by Gasteiger charge is -2.05. The lowest BCUT2D eigenvalue weighted by atomic mass is 10.1. The van der Waals surface area contributed by atoms with Crippen LogP contribution in [0.3, 0.4) is 0 Å². The Bertz CT molecular complexity index is 575. The molecule has 0 aliphatic carbocycles. The summed E-state index contributed by atoms with van der Waals surface area (Å²) in [5, 5.41) is 4.37. The van der Waals surface area contributed by atoms with E-state index < -0.39 is 0 Å². The predicted molar refractivity (Wildman–Crippen MR) is 80.1 cm³/mol. The number of nitrogens with zero attached hydrogens (tertiary/aromatic N) is 2. The van der Waals surface area contributed by atoms with Crippen LogP contribution in [0.15, 0.2) is 36.5 Å². The Hall–Kier alpha value is -2.30. The number of benzene rings is 1. The van der Waals surface area contributed by atoms with E-state index in [1.807, 2.05) is 30.3 Å². The summed E-state index contributed by atoms with van der Waals surface area (Å²) in [6, 6.07) is 9.65. The van der Waals surface area contributed by atoms with Gasteiger partial charge in [0, 0.05) is 11.8 Å². The molecule has 0 spiro atoms. The quantitative estimate of drug-likeness (QED) is 0.735. The maximum Gasteiger partial charge on any atom is 0.327 e. The third-order valence-corrected chi connectivity index (χ3v) is 2.86. The van der Waals surface area contributed by atoms with Crippen LogP contribution >= 0.6 is 0 Å². The van der Waals surface area contributed by atoms with Gasteiger partial charge in [-0.3, -0.25) is 9.48 Å². The van der Waals surface area contributed by atoms with Crippen molar-refractivity contribution in [1.82, 2.24) is 9.78 Å². The van der Waals surface area contributed by atoms with E-state index in [4.69, 9.17) is 9.47 Å². The maximum absolute atomic E-state index is 11.4. The fraction of sp³-hybridized carbons (Fsp3) is 0.375. The highest BCUT2D eigenvalue weighted by Gasteiger charge is 2.07. The van der Waals surface area contributed by atoms with E-state index in [0.717, 1.165) is 23.4 Å². The summed E-state index contributed by atoms with van der Waals surface area (Å²) in [6.07, 6.45) is 2.76. The summed E-state index contributed by atoms with van der Waals surface area (Å²) in [5.74, 6) is 0.571. The molecule has 0 atom stereocenters. The largest absolute Gasteiger partial charge is 0.494 e. The summed E-state index contributed by atoms with van der Waals surface area (Å²) in [6.45, 7) is 5.09. The summed E-state index contributed by atoms with van der Waals surface area (Å²) in [5.41, 5.74) is 1.81. The number of rotatable bonds is 7. The molecule has 0 saturated carbocycles. The van der Waals surface area contributed by atoms with Gasteiger partial charge in [-0.05, 0) is 43.7 Å². The van der Waals surface area contributed by atoms with Crippen LogP contribution < -0.4 is 4.74 Å². The van der Waals surface area contributed by atoms with E-state index in [9.17, 15) is 4.79 Å². The molecule has 0 saturated heterocycles. The van der Waals surface area contributed by atoms with Gasteiger partial charge in [-0.15, -0.1) is 0 Å². The molecule has 1 heterocycles. The van der Waals surface area contributed by atoms with Crippen molar-refractivity contribution in [2.24, 2.45) is 0 Å². The minimum atomic E-state index is -0.282. The van der Waals surface area contributed by atoms with Crippen molar-refractivity contribution in [2.45, 2.75) is 26.8 Å². The Morgan fingerprint density at radius 2 is 1.95 bits per heavy atom. The molecule has 0 fully saturated rings. The first-order valence-electron chi connectivity index (χ1n) is 7.15. The highest BCUT2D eigenvalue weighted by atomic mass is 16.5. The molecule has 5 heteroatoms. The fourth-order valence-electron chi connectivity index (χ4n) is 1.88. The minimum absolute atomic E-state index is 0.130. The van der Waals surface area contributed by atoms with Crippen LogP contribution in [0.5, 0.6) is 5.75 Å². The van der Waals surface area contributed by atoms with Gasteiger partial charge in [-0.1, -0.05) is 6.92 Å². The van der Waals surface area contributed by atoms with Crippen LogP contribution in [-0.4, -0.2) is 29.0 Å². The smallest absolute Gasteiger partial charge is 0.327 e. The second-order valence-corrected chi connectivity index (χ2v) is 4.58. The molecule has 112 valence electrons. The molecule has 5 nitrogen and oxygen atoms in total. The standard InChI is InChI=1S/C16H20N2O3/c1-3-11-21-14-7-5-13(6-8-14)15-9-10-18(17-15)12-16(19)20-4-2/h5-10H,3-4,11-12H2,1-2H3. The van der Waals surface area contributed by atoms with Crippen molar-refractivity contribution < 1.29 is 14.3 Å². The Kier molecular flexibility index (Phi) is 5.37. The molecule has 0 unspecified atom stereocenters. The molecular formula is C16H20N2O3. The van der Waals surface area contributed by atoms with Gasteiger partial charge in [0.05, 0.1) is 18.9 Å². The van der Waals surface area contributed by atoms with Crippen LogP contribution in [0, 0.1) is 0 Å². The lowest BCUT2D eigenvalue weighted by Crippen LogP contribution is -2.13. The topological polar surface area (TPSA) is 53.4 Å². The molecule has 1 aromatic heterocycles. The maximum atomic E-state index is 11.4. The third-order valence-electron chi connectivity index (χ3n) is 2.86. The van der Waals surface area contributed by atoms with Crippen molar-refractivity contribution in [3.63, 3.8) is 0 Å². The Morgan fingerprint density at radius 3 is 2.62 bits per heavy atom. The van der Waals surface area contributed by atoms with Gasteiger partial charge in [0.15, 0.2) is 0 Å². The highest BCUT2D eigenvalue weighted by molar-refractivity contribution is 5.69. The molecule has 21 heavy (non-hydrogen) atoms. The highest BCUT2D eigenvalue weighted by Crippen LogP contribution is 2.20. The second-order valence-electron chi connectivity index (χ2n) is 4.58. The first-order chi connectivity index (χ1) is 10.2. The molecule has 2 aromatic rings. The number of carbonyl (C=O) groups is 1. The van der Waals surface area contributed by atoms with Crippen molar-refractivity contribution in [3.05, 3.63) is 36.5 Å². The van der Waals surface area contributed by atoms with Gasteiger partial charge < -0.3 is 9.47 Å². The second kappa shape index (κ2) is 7.47. The van der Waals surface area contributed by atoms with Crippen molar-refractivity contribution in [1.29, 1.82) is 0 Å². The minimum Gasteiger partial charge on any atom is -0.494 e. The number of hydrogen-bond acceptors (Lipinski definition) is 4. The van der Waals surface area contributed by atoms with Crippen molar-refractivity contribution in [3.8, 4) is 17.0 Å². The average Bonchev–Trinajstić information content (AvgIpc) is 2.94. The fourth-order valence-corrected chi connectivity index (χ4v) is 1.88. The van der Waals surface area contributed by atoms with E-state index in [2.05, 4.69) is 12.0 Å². The number of carbonyl (C=O) groups excluding carboxylic acids is 1. The van der Waals surface area contributed by atoms with Gasteiger partial charge in [0.25, 0.3) is 0 Å². The van der Waals surface area contributed by atoms with Crippen LogP contribution in [0.25, 0.3) is 11.3 Å². The van der Waals surface area contributed by atoms with Gasteiger partial charge >= 0.3 is 5.97 Å². The molecular weight excluding hydrogens is 268 g/mol. The van der Waals surface area contributed by atoms with E-state index in [1.54, 1.807) is 17.8 Å². The van der Waals surface area contributed by atoms with Crippen LogP contribution in [-0.2, 0) is 16.1 Å². The van der Waals surface area contributed by atoms with Gasteiger partial charge in [-0.2, -0.15) is 5.10 Å². The first kappa shape index (κ1) is 15.1. The zero-order valence-electron chi connectivity index (χ0n) is 12.4. The summed E-state index contributed by atoms with van der Waals surface area (Å²) in [4.78, 5) is 11.4. The normalized spacial score (nSPS) is 10.4. The summed E-state index contributed by atoms with van der Waals surface area (Å²) in [7, 11) is 0. The molecule has 0 N–H and O–H groups in total. The van der Waals surface area contributed by atoms with Crippen LogP contribution in [0.2, 0.25) is 0 Å². The Labute approximate surface area is 124 Å². The predicted octanol–water partition coefficient (Wildman–Crippen LogP) is 2.90. The molecule has 0 aliphatic heterocycles. The zero-order chi connectivity index (χ0) is 15.1. The summed E-state index contributed by atoms with van der Waals surface area (Å²) >= 11 is 0. The molecule has 0 bridgehead atoms. The zero-order valence-corrected chi connectivity index (χ0v) is 12.4. The Morgan fingerprint density at radius 1 is 1.19 bits per heavy atom. The molecule has 0 amide bonds. The van der Waals surface area contributed by atoms with E-state index >= 15 is 0 Å².